The lowest BCUT2D eigenvalue weighted by Crippen LogP contribution is -2.56. The molecular weight excluding hydrogens is 236 g/mol. The number of nitrogens with zero attached hydrogens (tertiary/aromatic N) is 2. The molecule has 1 aliphatic rings. The molecule has 1 fully saturated rings. The number of rotatable bonds is 3. The quantitative estimate of drug-likeness (QED) is 0.831. The third-order valence-corrected chi connectivity index (χ3v) is 3.96. The van der Waals surface area contributed by atoms with Crippen molar-refractivity contribution >= 4 is 5.91 Å². The summed E-state index contributed by atoms with van der Waals surface area (Å²) in [5, 5.41) is 0. The first kappa shape index (κ1) is 14.1. The molecule has 1 amide bonds. The molecule has 1 heterocycles. The van der Waals surface area contributed by atoms with Crippen LogP contribution in [0.5, 0.6) is 0 Å². The minimum absolute atomic E-state index is 0.198. The van der Waals surface area contributed by atoms with Crippen molar-refractivity contribution in [3.63, 3.8) is 0 Å². The number of hydrogen-bond acceptors (Lipinski definition) is 2. The van der Waals surface area contributed by atoms with Crippen molar-refractivity contribution in [2.45, 2.75) is 39.3 Å². The van der Waals surface area contributed by atoms with E-state index in [2.05, 4.69) is 43.0 Å². The summed E-state index contributed by atoms with van der Waals surface area (Å²) < 4.78 is 0. The Morgan fingerprint density at radius 2 is 1.95 bits per heavy atom. The zero-order valence-electron chi connectivity index (χ0n) is 12.2. The van der Waals surface area contributed by atoms with E-state index in [-0.39, 0.29) is 5.91 Å². The molecule has 0 spiro atoms. The molecule has 0 saturated carbocycles. The largest absolute Gasteiger partial charge is 0.337 e. The van der Waals surface area contributed by atoms with Crippen LogP contribution < -0.4 is 0 Å². The highest BCUT2D eigenvalue weighted by Crippen LogP contribution is 2.17. The lowest BCUT2D eigenvalue weighted by atomic mass is 10.0. The van der Waals surface area contributed by atoms with E-state index in [0.717, 1.165) is 26.1 Å². The van der Waals surface area contributed by atoms with Crippen LogP contribution in [0.1, 0.15) is 26.3 Å². The Hall–Kier alpha value is -1.35. The van der Waals surface area contributed by atoms with Gasteiger partial charge >= 0.3 is 0 Å². The number of piperazine rings is 1. The van der Waals surface area contributed by atoms with Gasteiger partial charge < -0.3 is 4.90 Å². The van der Waals surface area contributed by atoms with Crippen LogP contribution in [0.15, 0.2) is 30.3 Å². The smallest absolute Gasteiger partial charge is 0.219 e. The average molecular weight is 260 g/mol. The summed E-state index contributed by atoms with van der Waals surface area (Å²) in [5.74, 6) is 0.198. The van der Waals surface area contributed by atoms with Crippen molar-refractivity contribution < 1.29 is 4.79 Å². The highest BCUT2D eigenvalue weighted by molar-refractivity contribution is 5.73. The van der Waals surface area contributed by atoms with Gasteiger partial charge in [0.15, 0.2) is 0 Å². The second kappa shape index (κ2) is 6.20. The second-order valence-electron chi connectivity index (χ2n) is 5.64. The Kier molecular flexibility index (Phi) is 4.59. The van der Waals surface area contributed by atoms with Crippen molar-refractivity contribution in [2.75, 3.05) is 19.6 Å². The molecule has 1 aromatic rings. The standard InChI is InChI=1S/C16H24N2O/c1-13(2)17-9-10-18(14(3)19)16(12-17)11-15-7-5-4-6-8-15/h4-8,13,16H,9-12H2,1-3H3. The monoisotopic (exact) mass is 260 g/mol. The topological polar surface area (TPSA) is 23.6 Å². The average Bonchev–Trinajstić information content (AvgIpc) is 2.39. The van der Waals surface area contributed by atoms with Gasteiger partial charge in [0.1, 0.15) is 0 Å². The van der Waals surface area contributed by atoms with E-state index in [1.165, 1.54) is 5.56 Å². The summed E-state index contributed by atoms with van der Waals surface area (Å²) >= 11 is 0. The summed E-state index contributed by atoms with van der Waals surface area (Å²) in [7, 11) is 0. The van der Waals surface area contributed by atoms with Crippen LogP contribution in [0, 0.1) is 0 Å². The van der Waals surface area contributed by atoms with E-state index in [1.54, 1.807) is 6.92 Å². The third-order valence-electron chi connectivity index (χ3n) is 3.96. The van der Waals surface area contributed by atoms with Crippen molar-refractivity contribution in [2.24, 2.45) is 0 Å². The molecule has 0 radical (unpaired) electrons. The zero-order chi connectivity index (χ0) is 13.8. The first-order valence-corrected chi connectivity index (χ1v) is 7.13. The Morgan fingerprint density at radius 1 is 1.26 bits per heavy atom. The maximum absolute atomic E-state index is 11.8. The summed E-state index contributed by atoms with van der Waals surface area (Å²) in [6, 6.07) is 11.3. The summed E-state index contributed by atoms with van der Waals surface area (Å²) in [5.41, 5.74) is 1.31. The number of benzene rings is 1. The van der Waals surface area contributed by atoms with Crippen molar-refractivity contribution in [1.82, 2.24) is 9.80 Å². The van der Waals surface area contributed by atoms with Crippen LogP contribution in [-0.2, 0) is 11.2 Å². The van der Waals surface area contributed by atoms with Crippen LogP contribution >= 0.6 is 0 Å². The number of carbonyl (C=O) groups excluding carboxylic acids is 1. The third kappa shape index (κ3) is 3.57. The fourth-order valence-corrected chi connectivity index (χ4v) is 2.82. The van der Waals surface area contributed by atoms with Crippen LogP contribution in [-0.4, -0.2) is 47.4 Å². The fourth-order valence-electron chi connectivity index (χ4n) is 2.82. The molecule has 2 rings (SSSR count). The Morgan fingerprint density at radius 3 is 2.53 bits per heavy atom. The van der Waals surface area contributed by atoms with E-state index in [4.69, 9.17) is 0 Å². The molecule has 1 saturated heterocycles. The SMILES string of the molecule is CC(=O)N1CCN(C(C)C)CC1Cc1ccccc1. The normalized spacial score (nSPS) is 20.8. The van der Waals surface area contributed by atoms with Gasteiger partial charge in [-0.3, -0.25) is 9.69 Å². The van der Waals surface area contributed by atoms with Gasteiger partial charge in [0.25, 0.3) is 0 Å². The van der Waals surface area contributed by atoms with Crippen molar-refractivity contribution in [1.29, 1.82) is 0 Å². The van der Waals surface area contributed by atoms with Gasteiger partial charge in [-0.15, -0.1) is 0 Å². The van der Waals surface area contributed by atoms with Crippen LogP contribution in [0.25, 0.3) is 0 Å². The van der Waals surface area contributed by atoms with Crippen molar-refractivity contribution in [3.05, 3.63) is 35.9 Å². The lowest BCUT2D eigenvalue weighted by Gasteiger charge is -2.43. The highest BCUT2D eigenvalue weighted by atomic mass is 16.2. The van der Waals surface area contributed by atoms with Crippen LogP contribution in [0.3, 0.4) is 0 Å². The first-order chi connectivity index (χ1) is 9.08. The molecule has 1 aromatic carbocycles. The Labute approximate surface area is 116 Å². The molecule has 0 N–H and O–H groups in total. The minimum Gasteiger partial charge on any atom is -0.337 e. The molecule has 1 atom stereocenters. The van der Waals surface area contributed by atoms with Crippen LogP contribution in [0.4, 0.5) is 0 Å². The van der Waals surface area contributed by atoms with Gasteiger partial charge in [-0.25, -0.2) is 0 Å². The molecule has 1 unspecified atom stereocenters. The van der Waals surface area contributed by atoms with Gasteiger partial charge in [-0.1, -0.05) is 30.3 Å². The molecule has 1 aliphatic heterocycles. The molecule has 3 nitrogen and oxygen atoms in total. The summed E-state index contributed by atoms with van der Waals surface area (Å²) in [4.78, 5) is 16.3. The highest BCUT2D eigenvalue weighted by Gasteiger charge is 2.29. The van der Waals surface area contributed by atoms with Gasteiger partial charge in [-0.05, 0) is 25.8 Å². The second-order valence-corrected chi connectivity index (χ2v) is 5.64. The molecule has 0 bridgehead atoms. The van der Waals surface area contributed by atoms with Gasteiger partial charge in [0.05, 0.1) is 0 Å². The van der Waals surface area contributed by atoms with E-state index in [1.807, 2.05) is 11.0 Å². The maximum atomic E-state index is 11.8. The van der Waals surface area contributed by atoms with Gasteiger partial charge in [0, 0.05) is 38.6 Å². The Bertz CT molecular complexity index is 416. The number of carbonyl (C=O) groups is 1. The predicted octanol–water partition coefficient (Wildman–Crippen LogP) is 2.17. The fraction of sp³-hybridized carbons (Fsp3) is 0.562. The number of amides is 1. The molecule has 19 heavy (non-hydrogen) atoms. The van der Waals surface area contributed by atoms with E-state index in [9.17, 15) is 4.79 Å². The summed E-state index contributed by atoms with van der Waals surface area (Å²) in [6.07, 6.45) is 0.948. The molecule has 3 heteroatoms. The zero-order valence-corrected chi connectivity index (χ0v) is 12.2. The van der Waals surface area contributed by atoms with Gasteiger partial charge in [0.2, 0.25) is 5.91 Å². The van der Waals surface area contributed by atoms with Crippen molar-refractivity contribution in [3.8, 4) is 0 Å². The lowest BCUT2D eigenvalue weighted by molar-refractivity contribution is -0.134. The minimum atomic E-state index is 0.198. The molecule has 104 valence electrons. The van der Waals surface area contributed by atoms with E-state index >= 15 is 0 Å². The molecule has 0 aliphatic carbocycles. The maximum Gasteiger partial charge on any atom is 0.219 e. The van der Waals surface area contributed by atoms with Crippen LogP contribution in [0.2, 0.25) is 0 Å². The molecular formula is C16H24N2O. The number of hydrogen-bond donors (Lipinski definition) is 0. The first-order valence-electron chi connectivity index (χ1n) is 7.13. The van der Waals surface area contributed by atoms with E-state index in [0.29, 0.717) is 12.1 Å². The predicted molar refractivity (Wildman–Crippen MR) is 78.0 cm³/mol. The summed E-state index contributed by atoms with van der Waals surface area (Å²) in [6.45, 7) is 8.95. The van der Waals surface area contributed by atoms with E-state index < -0.39 is 0 Å². The van der Waals surface area contributed by atoms with Gasteiger partial charge in [-0.2, -0.15) is 0 Å². The Balaban J connectivity index is 2.09. The molecule has 0 aromatic heterocycles.